The number of aryl methyl sites for hydroxylation is 2. The fourth-order valence-electron chi connectivity index (χ4n) is 1.89. The Morgan fingerprint density at radius 3 is 2.47 bits per heavy atom. The molecule has 0 fully saturated rings. The first-order chi connectivity index (χ1) is 8.22. The summed E-state index contributed by atoms with van der Waals surface area (Å²) in [6.45, 7) is 4.17. The summed E-state index contributed by atoms with van der Waals surface area (Å²) in [7, 11) is 0. The second-order valence-electron chi connectivity index (χ2n) is 4.17. The fraction of sp³-hybridized carbons (Fsp3) is 0.200. The Labute approximate surface area is 102 Å². The van der Waals surface area contributed by atoms with E-state index in [1.165, 1.54) is 5.56 Å². The molecule has 0 unspecified atom stereocenters. The van der Waals surface area contributed by atoms with Gasteiger partial charge in [0.25, 0.3) is 0 Å². The van der Waals surface area contributed by atoms with Gasteiger partial charge in [0.05, 0.1) is 11.4 Å². The van der Waals surface area contributed by atoms with Crippen LogP contribution >= 0.6 is 0 Å². The summed E-state index contributed by atoms with van der Waals surface area (Å²) >= 11 is 0. The first-order valence-electron chi connectivity index (χ1n) is 5.92. The smallest absolute Gasteiger partial charge is 0.0620 e. The molecule has 0 spiro atoms. The van der Waals surface area contributed by atoms with Gasteiger partial charge in [-0.1, -0.05) is 37.3 Å². The summed E-state index contributed by atoms with van der Waals surface area (Å²) in [5.74, 6) is 0. The van der Waals surface area contributed by atoms with Crippen molar-refractivity contribution in [3.8, 4) is 0 Å². The van der Waals surface area contributed by atoms with Gasteiger partial charge in [0.1, 0.15) is 0 Å². The largest absolute Gasteiger partial charge is 0.397 e. The Balaban J connectivity index is 2.35. The van der Waals surface area contributed by atoms with E-state index in [-0.39, 0.29) is 0 Å². The standard InChI is InChI=1S/C15H18N2/c1-3-12-8-4-5-9-13(12)17-14-10-6-7-11(2)15(14)16/h4-10,17H,3,16H2,1-2H3. The van der Waals surface area contributed by atoms with E-state index in [2.05, 4.69) is 30.4 Å². The second kappa shape index (κ2) is 4.91. The lowest BCUT2D eigenvalue weighted by Gasteiger charge is -2.13. The first-order valence-corrected chi connectivity index (χ1v) is 5.92. The number of nitrogens with two attached hydrogens (primary N) is 1. The summed E-state index contributed by atoms with van der Waals surface area (Å²) in [5, 5.41) is 3.41. The molecule has 2 aromatic rings. The number of para-hydroxylation sites is 2. The van der Waals surface area contributed by atoms with Gasteiger partial charge in [-0.05, 0) is 36.6 Å². The molecular formula is C15H18N2. The van der Waals surface area contributed by atoms with Gasteiger partial charge in [0, 0.05) is 5.69 Å². The molecule has 0 aliphatic heterocycles. The SMILES string of the molecule is CCc1ccccc1Nc1cccc(C)c1N. The van der Waals surface area contributed by atoms with E-state index in [1.807, 2.05) is 31.2 Å². The molecule has 0 heterocycles. The molecule has 0 saturated heterocycles. The molecule has 0 atom stereocenters. The minimum atomic E-state index is 0.818. The number of benzene rings is 2. The lowest BCUT2D eigenvalue weighted by Crippen LogP contribution is -2.00. The third-order valence-electron chi connectivity index (χ3n) is 2.99. The quantitative estimate of drug-likeness (QED) is 0.779. The highest BCUT2D eigenvalue weighted by molar-refractivity contribution is 5.76. The molecule has 2 nitrogen and oxygen atoms in total. The maximum atomic E-state index is 6.06. The molecule has 0 amide bonds. The number of nitrogens with one attached hydrogen (secondary N) is 1. The van der Waals surface area contributed by atoms with E-state index in [0.717, 1.165) is 29.0 Å². The summed E-state index contributed by atoms with van der Waals surface area (Å²) in [6.07, 6.45) is 1.01. The van der Waals surface area contributed by atoms with Gasteiger partial charge in [-0.25, -0.2) is 0 Å². The topological polar surface area (TPSA) is 38.0 Å². The monoisotopic (exact) mass is 226 g/mol. The molecule has 17 heavy (non-hydrogen) atoms. The van der Waals surface area contributed by atoms with Crippen molar-refractivity contribution >= 4 is 17.1 Å². The van der Waals surface area contributed by atoms with Crippen LogP contribution in [-0.2, 0) is 6.42 Å². The van der Waals surface area contributed by atoms with E-state index in [0.29, 0.717) is 0 Å². The minimum Gasteiger partial charge on any atom is -0.397 e. The number of nitrogen functional groups attached to an aromatic ring is 1. The molecule has 0 aliphatic carbocycles. The average Bonchev–Trinajstić information content (AvgIpc) is 2.35. The molecule has 0 saturated carbocycles. The molecule has 2 rings (SSSR count). The van der Waals surface area contributed by atoms with Crippen LogP contribution in [0.15, 0.2) is 42.5 Å². The van der Waals surface area contributed by atoms with Crippen molar-refractivity contribution in [1.82, 2.24) is 0 Å². The third-order valence-corrected chi connectivity index (χ3v) is 2.99. The van der Waals surface area contributed by atoms with Crippen LogP contribution in [0.1, 0.15) is 18.1 Å². The normalized spacial score (nSPS) is 10.2. The zero-order valence-electron chi connectivity index (χ0n) is 10.3. The first kappa shape index (κ1) is 11.5. The molecule has 88 valence electrons. The Bertz CT molecular complexity index is 518. The molecule has 3 N–H and O–H groups in total. The summed E-state index contributed by atoms with van der Waals surface area (Å²) in [5.41, 5.74) is 11.4. The third kappa shape index (κ3) is 2.41. The van der Waals surface area contributed by atoms with E-state index in [4.69, 9.17) is 5.73 Å². The maximum absolute atomic E-state index is 6.06. The van der Waals surface area contributed by atoms with Gasteiger partial charge in [0.2, 0.25) is 0 Å². The molecule has 0 aliphatic rings. The Morgan fingerprint density at radius 2 is 1.71 bits per heavy atom. The van der Waals surface area contributed by atoms with Crippen molar-refractivity contribution in [3.63, 3.8) is 0 Å². The second-order valence-corrected chi connectivity index (χ2v) is 4.17. The van der Waals surface area contributed by atoms with Crippen molar-refractivity contribution in [2.75, 3.05) is 11.1 Å². The summed E-state index contributed by atoms with van der Waals surface area (Å²) in [4.78, 5) is 0. The van der Waals surface area contributed by atoms with Crippen LogP contribution in [0.3, 0.4) is 0 Å². The highest BCUT2D eigenvalue weighted by Crippen LogP contribution is 2.27. The molecule has 2 heteroatoms. The molecule has 0 radical (unpaired) electrons. The van der Waals surface area contributed by atoms with Gasteiger partial charge in [-0.2, -0.15) is 0 Å². The van der Waals surface area contributed by atoms with Crippen molar-refractivity contribution < 1.29 is 0 Å². The lowest BCUT2D eigenvalue weighted by molar-refractivity contribution is 1.14. The van der Waals surface area contributed by atoms with Gasteiger partial charge >= 0.3 is 0 Å². The van der Waals surface area contributed by atoms with Crippen LogP contribution in [0.4, 0.5) is 17.1 Å². The predicted octanol–water partition coefficient (Wildman–Crippen LogP) is 3.88. The Morgan fingerprint density at radius 1 is 1.00 bits per heavy atom. The zero-order chi connectivity index (χ0) is 12.3. The summed E-state index contributed by atoms with van der Waals surface area (Å²) in [6, 6.07) is 14.4. The van der Waals surface area contributed by atoms with Gasteiger partial charge in [-0.15, -0.1) is 0 Å². The van der Waals surface area contributed by atoms with Crippen molar-refractivity contribution in [3.05, 3.63) is 53.6 Å². The maximum Gasteiger partial charge on any atom is 0.0620 e. The molecule has 0 bridgehead atoms. The average molecular weight is 226 g/mol. The van der Waals surface area contributed by atoms with Crippen molar-refractivity contribution in [2.24, 2.45) is 0 Å². The van der Waals surface area contributed by atoms with Crippen LogP contribution in [0.25, 0.3) is 0 Å². The highest BCUT2D eigenvalue weighted by atomic mass is 14.9. The van der Waals surface area contributed by atoms with Crippen molar-refractivity contribution in [1.29, 1.82) is 0 Å². The molecule has 2 aromatic carbocycles. The van der Waals surface area contributed by atoms with Crippen LogP contribution in [0.5, 0.6) is 0 Å². The van der Waals surface area contributed by atoms with E-state index in [9.17, 15) is 0 Å². The fourth-order valence-corrected chi connectivity index (χ4v) is 1.89. The Kier molecular flexibility index (Phi) is 3.33. The Hall–Kier alpha value is -1.96. The van der Waals surface area contributed by atoms with Crippen molar-refractivity contribution in [2.45, 2.75) is 20.3 Å². The van der Waals surface area contributed by atoms with Gasteiger partial charge in [0.15, 0.2) is 0 Å². The van der Waals surface area contributed by atoms with Crippen LogP contribution in [0.2, 0.25) is 0 Å². The number of hydrogen-bond acceptors (Lipinski definition) is 2. The number of rotatable bonds is 3. The summed E-state index contributed by atoms with van der Waals surface area (Å²) < 4.78 is 0. The van der Waals surface area contributed by atoms with Gasteiger partial charge in [-0.3, -0.25) is 0 Å². The molecular weight excluding hydrogens is 208 g/mol. The van der Waals surface area contributed by atoms with E-state index >= 15 is 0 Å². The zero-order valence-corrected chi connectivity index (χ0v) is 10.3. The number of hydrogen-bond donors (Lipinski definition) is 2. The van der Waals surface area contributed by atoms with E-state index < -0.39 is 0 Å². The minimum absolute atomic E-state index is 0.818. The highest BCUT2D eigenvalue weighted by Gasteiger charge is 2.04. The molecule has 0 aromatic heterocycles. The lowest BCUT2D eigenvalue weighted by atomic mass is 10.1. The predicted molar refractivity (Wildman–Crippen MR) is 74.7 cm³/mol. The van der Waals surface area contributed by atoms with Gasteiger partial charge < -0.3 is 11.1 Å². The number of anilines is 3. The van der Waals surface area contributed by atoms with Crippen LogP contribution in [0, 0.1) is 6.92 Å². The van der Waals surface area contributed by atoms with Crippen LogP contribution in [-0.4, -0.2) is 0 Å². The van der Waals surface area contributed by atoms with Crippen LogP contribution < -0.4 is 11.1 Å². The van der Waals surface area contributed by atoms with E-state index in [1.54, 1.807) is 0 Å².